The van der Waals surface area contributed by atoms with E-state index >= 15 is 0 Å². The molecule has 2 aromatic heterocycles. The van der Waals surface area contributed by atoms with Crippen LogP contribution in [0.15, 0.2) is 46.9 Å². The Balaban J connectivity index is 0.00000320. The lowest BCUT2D eigenvalue weighted by Crippen LogP contribution is -2.50. The first-order valence-electron chi connectivity index (χ1n) is 9.77. The van der Waals surface area contributed by atoms with E-state index in [1.54, 1.807) is 21.8 Å². The maximum absolute atomic E-state index is 12.7. The summed E-state index contributed by atoms with van der Waals surface area (Å²) >= 11 is 1.65. The van der Waals surface area contributed by atoms with Crippen molar-refractivity contribution in [2.45, 2.75) is 13.5 Å². The Morgan fingerprint density at radius 3 is 2.60 bits per heavy atom. The topological polar surface area (TPSA) is 89.9 Å². The summed E-state index contributed by atoms with van der Waals surface area (Å²) in [5.41, 5.74) is 0. The number of hydrogen-bond acceptors (Lipinski definition) is 6. The van der Waals surface area contributed by atoms with Gasteiger partial charge in [0.2, 0.25) is 10.0 Å². The van der Waals surface area contributed by atoms with E-state index < -0.39 is 10.0 Å². The standard InChI is InChI=1S/C19H28N6O2S2.HI/c1-2-20-19(23-16-17-6-5-14-28-17)22-9-15-29(26,27)25-12-10-24(11-13-25)18-7-3-4-8-21-18;/h3-8,14H,2,9-13,15-16H2,1H3,(H2,20,22,23);1H. The lowest BCUT2D eigenvalue weighted by atomic mass is 10.3. The van der Waals surface area contributed by atoms with E-state index in [4.69, 9.17) is 0 Å². The molecule has 0 atom stereocenters. The zero-order valence-electron chi connectivity index (χ0n) is 17.0. The quantitative estimate of drug-likeness (QED) is 0.290. The summed E-state index contributed by atoms with van der Waals surface area (Å²) in [6.45, 7) is 5.85. The number of guanidine groups is 1. The summed E-state index contributed by atoms with van der Waals surface area (Å²) in [5, 5.41) is 8.31. The minimum absolute atomic E-state index is 0. The Morgan fingerprint density at radius 2 is 1.97 bits per heavy atom. The maximum Gasteiger partial charge on any atom is 0.215 e. The van der Waals surface area contributed by atoms with Crippen LogP contribution in [0.25, 0.3) is 0 Å². The molecule has 0 aromatic carbocycles. The zero-order valence-corrected chi connectivity index (χ0v) is 21.0. The molecule has 11 heteroatoms. The van der Waals surface area contributed by atoms with Crippen LogP contribution in [-0.4, -0.2) is 68.7 Å². The van der Waals surface area contributed by atoms with Crippen molar-refractivity contribution in [2.24, 2.45) is 4.99 Å². The average molecular weight is 565 g/mol. The summed E-state index contributed by atoms with van der Waals surface area (Å²) in [6.07, 6.45) is 1.76. The summed E-state index contributed by atoms with van der Waals surface area (Å²) in [7, 11) is -3.31. The highest BCUT2D eigenvalue weighted by atomic mass is 127. The van der Waals surface area contributed by atoms with Gasteiger partial charge in [0, 0.05) is 50.3 Å². The van der Waals surface area contributed by atoms with Gasteiger partial charge in [-0.15, -0.1) is 35.3 Å². The Bertz CT molecular complexity index is 870. The number of aromatic nitrogens is 1. The summed E-state index contributed by atoms with van der Waals surface area (Å²) < 4.78 is 27.0. The highest BCUT2D eigenvalue weighted by Crippen LogP contribution is 2.14. The molecule has 1 aliphatic rings. The van der Waals surface area contributed by atoms with Crippen molar-refractivity contribution in [3.63, 3.8) is 0 Å². The lowest BCUT2D eigenvalue weighted by Gasteiger charge is -2.34. The fourth-order valence-electron chi connectivity index (χ4n) is 3.06. The third-order valence-corrected chi connectivity index (χ3v) is 7.31. The molecule has 3 heterocycles. The van der Waals surface area contributed by atoms with Gasteiger partial charge in [0.15, 0.2) is 5.96 Å². The molecular weight excluding hydrogens is 535 g/mol. The number of nitrogens with zero attached hydrogens (tertiary/aromatic N) is 4. The number of halogens is 1. The summed E-state index contributed by atoms with van der Waals surface area (Å²) in [6, 6.07) is 9.80. The molecule has 2 N–H and O–H groups in total. The molecule has 0 spiro atoms. The molecule has 2 aromatic rings. The van der Waals surface area contributed by atoms with E-state index in [1.165, 1.54) is 4.88 Å². The van der Waals surface area contributed by atoms with Crippen molar-refractivity contribution in [3.05, 3.63) is 46.8 Å². The first-order chi connectivity index (χ1) is 14.1. The highest BCUT2D eigenvalue weighted by molar-refractivity contribution is 14.0. The van der Waals surface area contributed by atoms with Crippen LogP contribution in [0.4, 0.5) is 5.82 Å². The third-order valence-electron chi connectivity index (χ3n) is 4.58. The maximum atomic E-state index is 12.7. The van der Waals surface area contributed by atoms with Gasteiger partial charge in [0.05, 0.1) is 12.3 Å². The monoisotopic (exact) mass is 564 g/mol. The van der Waals surface area contributed by atoms with Crippen LogP contribution >= 0.6 is 35.3 Å². The fourth-order valence-corrected chi connectivity index (χ4v) is 5.03. The van der Waals surface area contributed by atoms with Gasteiger partial charge in [-0.2, -0.15) is 4.31 Å². The molecule has 1 aliphatic heterocycles. The molecule has 0 unspecified atom stereocenters. The number of sulfonamides is 1. The van der Waals surface area contributed by atoms with Gasteiger partial charge in [-0.1, -0.05) is 12.1 Å². The van der Waals surface area contributed by atoms with Crippen LogP contribution < -0.4 is 15.5 Å². The van der Waals surface area contributed by atoms with Crippen molar-refractivity contribution < 1.29 is 8.42 Å². The Labute approximate surface area is 199 Å². The second kappa shape index (κ2) is 12.4. The van der Waals surface area contributed by atoms with E-state index in [0.29, 0.717) is 45.2 Å². The van der Waals surface area contributed by atoms with E-state index in [0.717, 1.165) is 12.4 Å². The normalized spacial score (nSPS) is 15.5. The first kappa shape index (κ1) is 24.8. The van der Waals surface area contributed by atoms with Gasteiger partial charge in [-0.25, -0.2) is 18.4 Å². The number of anilines is 1. The molecule has 0 saturated carbocycles. The van der Waals surface area contributed by atoms with Crippen LogP contribution in [0.3, 0.4) is 0 Å². The fraction of sp³-hybridized carbons (Fsp3) is 0.474. The largest absolute Gasteiger partial charge is 0.357 e. The molecule has 0 amide bonds. The molecule has 166 valence electrons. The van der Waals surface area contributed by atoms with E-state index in [-0.39, 0.29) is 29.7 Å². The number of thiophene rings is 1. The predicted octanol–water partition coefficient (Wildman–Crippen LogP) is 1.97. The molecule has 1 fully saturated rings. The van der Waals surface area contributed by atoms with Crippen molar-refractivity contribution in [1.82, 2.24) is 19.9 Å². The van der Waals surface area contributed by atoms with Crippen LogP contribution in [0.1, 0.15) is 11.8 Å². The van der Waals surface area contributed by atoms with Crippen LogP contribution in [0, 0.1) is 0 Å². The Kier molecular flexibility index (Phi) is 10.3. The average Bonchev–Trinajstić information content (AvgIpc) is 3.26. The number of hydrogen-bond donors (Lipinski definition) is 2. The summed E-state index contributed by atoms with van der Waals surface area (Å²) in [4.78, 5) is 12.1. The second-order valence-electron chi connectivity index (χ2n) is 6.59. The van der Waals surface area contributed by atoms with Gasteiger partial charge in [-0.05, 0) is 30.5 Å². The first-order valence-corrected chi connectivity index (χ1v) is 12.3. The predicted molar refractivity (Wildman–Crippen MR) is 134 cm³/mol. The Morgan fingerprint density at radius 1 is 1.17 bits per heavy atom. The van der Waals surface area contributed by atoms with E-state index in [2.05, 4.69) is 25.5 Å². The van der Waals surface area contributed by atoms with Gasteiger partial charge in [-0.3, -0.25) is 0 Å². The second-order valence-corrected chi connectivity index (χ2v) is 9.71. The molecule has 3 rings (SSSR count). The van der Waals surface area contributed by atoms with Gasteiger partial charge in [0.1, 0.15) is 5.82 Å². The number of pyridine rings is 1. The highest BCUT2D eigenvalue weighted by Gasteiger charge is 2.27. The van der Waals surface area contributed by atoms with Crippen LogP contribution in [0.5, 0.6) is 0 Å². The minimum Gasteiger partial charge on any atom is -0.357 e. The van der Waals surface area contributed by atoms with Gasteiger partial charge >= 0.3 is 0 Å². The summed E-state index contributed by atoms with van der Waals surface area (Å²) in [5.74, 6) is 1.57. The molecule has 8 nitrogen and oxygen atoms in total. The zero-order chi connectivity index (χ0) is 20.5. The van der Waals surface area contributed by atoms with Crippen molar-refractivity contribution in [3.8, 4) is 0 Å². The van der Waals surface area contributed by atoms with Gasteiger partial charge in [0.25, 0.3) is 0 Å². The SMILES string of the molecule is CCNC(=NCc1cccs1)NCCS(=O)(=O)N1CCN(c2ccccn2)CC1.I. The molecule has 30 heavy (non-hydrogen) atoms. The molecule has 0 aliphatic carbocycles. The number of nitrogens with one attached hydrogen (secondary N) is 2. The smallest absolute Gasteiger partial charge is 0.215 e. The minimum atomic E-state index is -3.31. The molecular formula is C19H29IN6O2S2. The Hall–Kier alpha value is -1.44. The van der Waals surface area contributed by atoms with E-state index in [1.807, 2.05) is 42.6 Å². The molecule has 0 bridgehead atoms. The van der Waals surface area contributed by atoms with Crippen LogP contribution in [-0.2, 0) is 16.6 Å². The lowest BCUT2D eigenvalue weighted by molar-refractivity contribution is 0.384. The number of piperazine rings is 1. The molecule has 1 saturated heterocycles. The van der Waals surface area contributed by atoms with Crippen molar-refractivity contribution in [1.29, 1.82) is 0 Å². The third kappa shape index (κ3) is 7.36. The van der Waals surface area contributed by atoms with Crippen molar-refractivity contribution >= 4 is 57.1 Å². The van der Waals surface area contributed by atoms with Crippen LogP contribution in [0.2, 0.25) is 0 Å². The van der Waals surface area contributed by atoms with Crippen molar-refractivity contribution in [2.75, 3.05) is 49.9 Å². The van der Waals surface area contributed by atoms with Gasteiger partial charge < -0.3 is 15.5 Å². The number of aliphatic imine (C=N–C) groups is 1. The molecule has 0 radical (unpaired) electrons. The number of rotatable bonds is 8. The van der Waals surface area contributed by atoms with E-state index in [9.17, 15) is 8.42 Å².